The third-order valence-corrected chi connectivity index (χ3v) is 8.76. The average molecular weight is 432 g/mol. The molecule has 0 spiro atoms. The Morgan fingerprint density at radius 3 is 2.71 bits per heavy atom. The summed E-state index contributed by atoms with van der Waals surface area (Å²) < 4.78 is 28.8. The van der Waals surface area contributed by atoms with E-state index in [0.717, 1.165) is 41.2 Å². The van der Waals surface area contributed by atoms with Gasteiger partial charge < -0.3 is 4.90 Å². The predicted octanol–water partition coefficient (Wildman–Crippen LogP) is 4.77. The van der Waals surface area contributed by atoms with Crippen LogP contribution in [0.3, 0.4) is 0 Å². The Kier molecular flexibility index (Phi) is 4.40. The van der Waals surface area contributed by atoms with Gasteiger partial charge in [0.05, 0.1) is 15.9 Å². The summed E-state index contributed by atoms with van der Waals surface area (Å²) in [5, 5.41) is 1.96. The summed E-state index contributed by atoms with van der Waals surface area (Å²) in [7, 11) is -3.73. The molecule has 6 rings (SSSR count). The summed E-state index contributed by atoms with van der Waals surface area (Å²) >= 11 is 0. The topological polar surface area (TPSA) is 55.2 Å². The standard InChI is InChI=1S/C25H25N3O2S/c29-31(30,22-10-9-18-5-1-2-6-19(18)16-22)28-17-23(25-24(28)8-3-12-26-25)20-11-14-27-13-4-7-21(27)15-20/h1-3,5-6,8-10,12,16-17,20-21H,4,7,11,13-15H2. The highest BCUT2D eigenvalue weighted by molar-refractivity contribution is 7.90. The van der Waals surface area contributed by atoms with Gasteiger partial charge in [0, 0.05) is 24.0 Å². The number of benzene rings is 2. The maximum absolute atomic E-state index is 13.7. The molecule has 0 N–H and O–H groups in total. The van der Waals surface area contributed by atoms with Crippen LogP contribution in [0.4, 0.5) is 0 Å². The second kappa shape index (κ2) is 7.18. The number of hydrogen-bond acceptors (Lipinski definition) is 4. The fraction of sp³-hybridized carbons (Fsp3) is 0.320. The lowest BCUT2D eigenvalue weighted by Crippen LogP contribution is -2.37. The van der Waals surface area contributed by atoms with Crippen LogP contribution in [0.25, 0.3) is 21.8 Å². The van der Waals surface area contributed by atoms with E-state index in [1.807, 2.05) is 48.7 Å². The molecule has 0 amide bonds. The van der Waals surface area contributed by atoms with Crippen LogP contribution in [0.15, 0.2) is 71.9 Å². The average Bonchev–Trinajstić information content (AvgIpc) is 3.43. The third-order valence-electron chi connectivity index (χ3n) is 7.09. The van der Waals surface area contributed by atoms with Crippen molar-refractivity contribution in [3.8, 4) is 0 Å². The molecule has 0 saturated carbocycles. The van der Waals surface area contributed by atoms with Gasteiger partial charge in [0.1, 0.15) is 0 Å². The minimum absolute atomic E-state index is 0.309. The molecule has 2 saturated heterocycles. The molecule has 4 aromatic rings. The van der Waals surface area contributed by atoms with E-state index in [-0.39, 0.29) is 0 Å². The number of hydrogen-bond donors (Lipinski definition) is 0. The van der Waals surface area contributed by atoms with Crippen LogP contribution >= 0.6 is 0 Å². The van der Waals surface area contributed by atoms with Crippen LogP contribution in [-0.4, -0.2) is 41.4 Å². The summed E-state index contributed by atoms with van der Waals surface area (Å²) in [6.45, 7) is 2.29. The molecule has 0 bridgehead atoms. The van der Waals surface area contributed by atoms with E-state index in [4.69, 9.17) is 0 Å². The van der Waals surface area contributed by atoms with Gasteiger partial charge in [-0.15, -0.1) is 0 Å². The minimum Gasteiger partial charge on any atom is -0.300 e. The molecular weight excluding hydrogens is 406 g/mol. The first kappa shape index (κ1) is 19.0. The number of fused-ring (bicyclic) bond motifs is 3. The quantitative estimate of drug-likeness (QED) is 0.469. The molecule has 0 aliphatic carbocycles. The molecule has 158 valence electrons. The molecule has 2 aliphatic rings. The Bertz CT molecular complexity index is 1390. The lowest BCUT2D eigenvalue weighted by molar-refractivity contribution is 0.181. The Morgan fingerprint density at radius 1 is 0.935 bits per heavy atom. The number of nitrogens with zero attached hydrogens (tertiary/aromatic N) is 3. The second-order valence-electron chi connectivity index (χ2n) is 8.82. The largest absolute Gasteiger partial charge is 0.300 e. The molecule has 0 radical (unpaired) electrons. The van der Waals surface area contributed by atoms with Crippen LogP contribution in [0.1, 0.15) is 37.2 Å². The van der Waals surface area contributed by atoms with Crippen molar-refractivity contribution in [3.63, 3.8) is 0 Å². The third kappa shape index (κ3) is 3.08. The van der Waals surface area contributed by atoms with E-state index in [0.29, 0.717) is 22.4 Å². The minimum atomic E-state index is -3.73. The molecule has 4 heterocycles. The number of piperidine rings is 1. The van der Waals surface area contributed by atoms with Crippen molar-refractivity contribution in [2.75, 3.05) is 13.1 Å². The summed E-state index contributed by atoms with van der Waals surface area (Å²) in [6.07, 6.45) is 8.28. The molecule has 5 nitrogen and oxygen atoms in total. The summed E-state index contributed by atoms with van der Waals surface area (Å²) in [6, 6.07) is 17.5. The van der Waals surface area contributed by atoms with Crippen molar-refractivity contribution in [2.24, 2.45) is 0 Å². The summed E-state index contributed by atoms with van der Waals surface area (Å²) in [4.78, 5) is 7.52. The van der Waals surface area contributed by atoms with Gasteiger partial charge >= 0.3 is 0 Å². The van der Waals surface area contributed by atoms with Gasteiger partial charge in [-0.1, -0.05) is 30.3 Å². The van der Waals surface area contributed by atoms with E-state index in [2.05, 4.69) is 9.88 Å². The Morgan fingerprint density at radius 2 is 1.81 bits per heavy atom. The molecular formula is C25H25N3O2S. The van der Waals surface area contributed by atoms with Crippen molar-refractivity contribution < 1.29 is 8.42 Å². The van der Waals surface area contributed by atoms with Gasteiger partial charge in [0.2, 0.25) is 0 Å². The van der Waals surface area contributed by atoms with Crippen LogP contribution < -0.4 is 0 Å². The summed E-state index contributed by atoms with van der Waals surface area (Å²) in [5.74, 6) is 0.352. The zero-order valence-electron chi connectivity index (χ0n) is 17.3. The molecule has 2 fully saturated rings. The van der Waals surface area contributed by atoms with E-state index in [1.54, 1.807) is 18.3 Å². The lowest BCUT2D eigenvalue weighted by atomic mass is 9.86. The monoisotopic (exact) mass is 431 g/mol. The second-order valence-corrected chi connectivity index (χ2v) is 10.6. The fourth-order valence-electron chi connectivity index (χ4n) is 5.50. The van der Waals surface area contributed by atoms with Gasteiger partial charge in [-0.3, -0.25) is 4.98 Å². The van der Waals surface area contributed by atoms with Crippen LogP contribution in [0.5, 0.6) is 0 Å². The van der Waals surface area contributed by atoms with Gasteiger partial charge in [-0.2, -0.15) is 0 Å². The number of rotatable bonds is 3. The maximum Gasteiger partial charge on any atom is 0.268 e. The van der Waals surface area contributed by atoms with Crippen LogP contribution in [0.2, 0.25) is 0 Å². The zero-order valence-corrected chi connectivity index (χ0v) is 18.1. The molecule has 2 aromatic carbocycles. The van der Waals surface area contributed by atoms with Gasteiger partial charge in [-0.05, 0) is 79.7 Å². The van der Waals surface area contributed by atoms with Crippen LogP contribution in [-0.2, 0) is 10.0 Å². The van der Waals surface area contributed by atoms with Crippen LogP contribution in [0, 0.1) is 0 Å². The lowest BCUT2D eigenvalue weighted by Gasteiger charge is -2.34. The van der Waals surface area contributed by atoms with Crippen molar-refractivity contribution >= 4 is 31.8 Å². The smallest absolute Gasteiger partial charge is 0.268 e. The van der Waals surface area contributed by atoms with E-state index in [9.17, 15) is 8.42 Å². The van der Waals surface area contributed by atoms with Crippen molar-refractivity contribution in [1.82, 2.24) is 13.9 Å². The molecule has 31 heavy (non-hydrogen) atoms. The molecule has 2 aliphatic heterocycles. The molecule has 6 heteroatoms. The SMILES string of the molecule is O=S(=O)(c1ccc2ccccc2c1)n1cc(C2CCN3CCCC3C2)c2ncccc21. The van der Waals surface area contributed by atoms with Crippen molar-refractivity contribution in [2.45, 2.75) is 42.5 Å². The first-order valence-corrected chi connectivity index (χ1v) is 12.5. The van der Waals surface area contributed by atoms with E-state index >= 15 is 0 Å². The Labute approximate surface area is 182 Å². The van der Waals surface area contributed by atoms with Gasteiger partial charge in [0.15, 0.2) is 0 Å². The van der Waals surface area contributed by atoms with E-state index < -0.39 is 10.0 Å². The number of pyridine rings is 1. The first-order valence-electron chi connectivity index (χ1n) is 11.1. The van der Waals surface area contributed by atoms with Gasteiger partial charge in [-0.25, -0.2) is 12.4 Å². The molecule has 2 atom stereocenters. The van der Waals surface area contributed by atoms with E-state index in [1.165, 1.54) is 23.4 Å². The Hall–Kier alpha value is -2.70. The van der Waals surface area contributed by atoms with Crippen molar-refractivity contribution in [3.05, 3.63) is 72.6 Å². The highest BCUT2D eigenvalue weighted by Crippen LogP contribution is 2.39. The van der Waals surface area contributed by atoms with Gasteiger partial charge in [0.25, 0.3) is 10.0 Å². The predicted molar refractivity (Wildman–Crippen MR) is 123 cm³/mol. The fourth-order valence-corrected chi connectivity index (χ4v) is 6.90. The summed E-state index contributed by atoms with van der Waals surface area (Å²) in [5.41, 5.74) is 2.56. The zero-order chi connectivity index (χ0) is 21.0. The first-order chi connectivity index (χ1) is 15.1. The van der Waals surface area contributed by atoms with Crippen molar-refractivity contribution in [1.29, 1.82) is 0 Å². The molecule has 2 unspecified atom stereocenters. The highest BCUT2D eigenvalue weighted by Gasteiger charge is 2.34. The molecule has 2 aromatic heterocycles. The maximum atomic E-state index is 13.7. The number of aromatic nitrogens is 2. The highest BCUT2D eigenvalue weighted by atomic mass is 32.2. The Balaban J connectivity index is 1.46. The normalized spacial score (nSPS) is 22.2.